The number of aromatic amines is 1. The first kappa shape index (κ1) is 15.5. The summed E-state index contributed by atoms with van der Waals surface area (Å²) in [6.07, 6.45) is 2.64. The van der Waals surface area contributed by atoms with Crippen molar-refractivity contribution in [3.8, 4) is 0 Å². The molecule has 4 aromatic rings. The zero-order chi connectivity index (χ0) is 17.2. The van der Waals surface area contributed by atoms with Crippen LogP contribution in [0.25, 0.3) is 22.1 Å². The second-order valence-corrected chi connectivity index (χ2v) is 6.05. The monoisotopic (exact) mass is 350 g/mol. The predicted molar refractivity (Wildman–Crippen MR) is 101 cm³/mol. The van der Waals surface area contributed by atoms with Crippen molar-refractivity contribution in [2.75, 3.05) is 5.43 Å². The molecule has 0 radical (unpaired) electrons. The summed E-state index contributed by atoms with van der Waals surface area (Å²) >= 11 is 5.86. The van der Waals surface area contributed by atoms with Crippen molar-refractivity contribution in [3.63, 3.8) is 0 Å². The summed E-state index contributed by atoms with van der Waals surface area (Å²) in [7, 11) is 0. The number of anilines is 1. The van der Waals surface area contributed by atoms with E-state index in [1.165, 1.54) is 5.56 Å². The quantitative estimate of drug-likeness (QED) is 0.427. The van der Waals surface area contributed by atoms with Crippen molar-refractivity contribution in [3.05, 3.63) is 58.6 Å². The van der Waals surface area contributed by atoms with Gasteiger partial charge in [0, 0.05) is 15.9 Å². The molecule has 25 heavy (non-hydrogen) atoms. The summed E-state index contributed by atoms with van der Waals surface area (Å²) in [6.45, 7) is 2.13. The van der Waals surface area contributed by atoms with Gasteiger partial charge >= 0.3 is 0 Å². The lowest BCUT2D eigenvalue weighted by Gasteiger charge is -1.98. The van der Waals surface area contributed by atoms with E-state index in [2.05, 4.69) is 49.7 Å². The Bertz CT molecular complexity index is 1070. The van der Waals surface area contributed by atoms with Crippen molar-refractivity contribution in [1.29, 1.82) is 0 Å². The Morgan fingerprint density at radius 1 is 1.16 bits per heavy atom. The number of halogens is 1. The van der Waals surface area contributed by atoms with Gasteiger partial charge in [0.25, 0.3) is 5.95 Å². The number of benzene rings is 2. The molecule has 7 heteroatoms. The number of nitrogens with zero attached hydrogens (tertiary/aromatic N) is 4. The Hall–Kier alpha value is -2.99. The van der Waals surface area contributed by atoms with Crippen molar-refractivity contribution in [1.82, 2.24) is 20.2 Å². The maximum atomic E-state index is 5.86. The van der Waals surface area contributed by atoms with E-state index in [-0.39, 0.29) is 0 Å². The van der Waals surface area contributed by atoms with Gasteiger partial charge in [0.05, 0.1) is 6.21 Å². The van der Waals surface area contributed by atoms with Crippen molar-refractivity contribution >= 4 is 45.8 Å². The minimum atomic E-state index is 0.333. The number of hydrogen-bond donors (Lipinski definition) is 2. The highest BCUT2D eigenvalue weighted by atomic mass is 35.5. The van der Waals surface area contributed by atoms with Crippen LogP contribution in [0.15, 0.2) is 47.6 Å². The van der Waals surface area contributed by atoms with Crippen LogP contribution >= 0.6 is 11.6 Å². The molecule has 0 saturated carbocycles. The van der Waals surface area contributed by atoms with E-state index in [0.717, 1.165) is 28.4 Å². The molecule has 0 amide bonds. The van der Waals surface area contributed by atoms with Gasteiger partial charge in [0.15, 0.2) is 5.65 Å². The molecule has 6 nitrogen and oxygen atoms in total. The number of fused-ring (bicyclic) bond motifs is 3. The highest BCUT2D eigenvalue weighted by molar-refractivity contribution is 6.30. The van der Waals surface area contributed by atoms with Gasteiger partial charge in [0.2, 0.25) is 0 Å². The molecule has 0 unspecified atom stereocenters. The van der Waals surface area contributed by atoms with Gasteiger partial charge in [-0.1, -0.05) is 36.7 Å². The normalized spacial score (nSPS) is 11.6. The van der Waals surface area contributed by atoms with E-state index in [9.17, 15) is 0 Å². The molecule has 4 rings (SSSR count). The van der Waals surface area contributed by atoms with Gasteiger partial charge in [-0.05, 0) is 41.8 Å². The van der Waals surface area contributed by atoms with Crippen molar-refractivity contribution < 1.29 is 0 Å². The summed E-state index contributed by atoms with van der Waals surface area (Å²) in [6, 6.07) is 13.6. The molecule has 0 atom stereocenters. The van der Waals surface area contributed by atoms with Gasteiger partial charge in [-0.3, -0.25) is 0 Å². The van der Waals surface area contributed by atoms with E-state index < -0.39 is 0 Å². The summed E-state index contributed by atoms with van der Waals surface area (Å²) in [4.78, 5) is 7.70. The van der Waals surface area contributed by atoms with Crippen LogP contribution in [-0.2, 0) is 6.42 Å². The van der Waals surface area contributed by atoms with Crippen LogP contribution in [0.4, 0.5) is 5.95 Å². The molecule has 0 aliphatic carbocycles. The van der Waals surface area contributed by atoms with Crippen LogP contribution in [0.3, 0.4) is 0 Å². The van der Waals surface area contributed by atoms with Gasteiger partial charge < -0.3 is 4.98 Å². The lowest BCUT2D eigenvalue weighted by Crippen LogP contribution is -1.98. The van der Waals surface area contributed by atoms with Crippen LogP contribution in [0.5, 0.6) is 0 Å². The average Bonchev–Trinajstić information content (AvgIpc) is 3.00. The summed E-state index contributed by atoms with van der Waals surface area (Å²) in [5.74, 6) is 0.333. The fraction of sp³-hybridized carbons (Fsp3) is 0.111. The standard InChI is InChI=1S/C18H15ClN6/c1-2-11-5-8-15-14(9-11)16-17(21-15)22-18(25-23-16)24-20-10-12-3-6-13(19)7-4-12/h3-10H,2H2,1H3,(H2,21,22,24,25). The van der Waals surface area contributed by atoms with Gasteiger partial charge in [-0.25, -0.2) is 5.43 Å². The van der Waals surface area contributed by atoms with Gasteiger partial charge in [-0.15, -0.1) is 10.2 Å². The number of hydrazone groups is 1. The maximum absolute atomic E-state index is 5.86. The molecule has 2 heterocycles. The van der Waals surface area contributed by atoms with Crippen molar-refractivity contribution in [2.24, 2.45) is 5.10 Å². The number of nitrogens with one attached hydrogen (secondary N) is 2. The van der Waals surface area contributed by atoms with Gasteiger partial charge in [-0.2, -0.15) is 10.1 Å². The summed E-state index contributed by atoms with van der Waals surface area (Å²) in [5.41, 5.74) is 7.41. The third-order valence-electron chi connectivity index (χ3n) is 3.94. The molecular weight excluding hydrogens is 336 g/mol. The molecule has 0 bridgehead atoms. The highest BCUT2D eigenvalue weighted by Crippen LogP contribution is 2.23. The molecular formula is C18H15ClN6. The molecule has 0 spiro atoms. The molecule has 0 saturated heterocycles. The number of aromatic nitrogens is 4. The van der Waals surface area contributed by atoms with Crippen LogP contribution in [-0.4, -0.2) is 26.4 Å². The largest absolute Gasteiger partial charge is 0.338 e. The number of rotatable bonds is 4. The summed E-state index contributed by atoms with van der Waals surface area (Å²) in [5, 5.41) is 14.2. The Labute approximate surface area is 149 Å². The van der Waals surface area contributed by atoms with E-state index >= 15 is 0 Å². The zero-order valence-electron chi connectivity index (χ0n) is 13.5. The number of H-pyrrole nitrogens is 1. The first-order chi connectivity index (χ1) is 12.2. The third kappa shape index (κ3) is 3.16. The molecule has 2 aromatic heterocycles. The first-order valence-electron chi connectivity index (χ1n) is 7.92. The topological polar surface area (TPSA) is 78.9 Å². The molecule has 0 aliphatic heterocycles. The smallest absolute Gasteiger partial charge is 0.265 e. The Morgan fingerprint density at radius 2 is 2.00 bits per heavy atom. The van der Waals surface area contributed by atoms with Crippen LogP contribution in [0, 0.1) is 0 Å². The van der Waals surface area contributed by atoms with Crippen molar-refractivity contribution in [2.45, 2.75) is 13.3 Å². The fourth-order valence-electron chi connectivity index (χ4n) is 2.60. The van der Waals surface area contributed by atoms with Crippen LogP contribution in [0.1, 0.15) is 18.1 Å². The Kier molecular flexibility index (Phi) is 4.03. The highest BCUT2D eigenvalue weighted by Gasteiger charge is 2.09. The second-order valence-electron chi connectivity index (χ2n) is 5.61. The zero-order valence-corrected chi connectivity index (χ0v) is 14.2. The third-order valence-corrected chi connectivity index (χ3v) is 4.19. The molecule has 2 N–H and O–H groups in total. The van der Waals surface area contributed by atoms with E-state index in [4.69, 9.17) is 11.6 Å². The average molecular weight is 351 g/mol. The molecule has 124 valence electrons. The van der Waals surface area contributed by atoms with E-state index in [0.29, 0.717) is 16.6 Å². The molecule has 0 fully saturated rings. The van der Waals surface area contributed by atoms with Crippen LogP contribution in [0.2, 0.25) is 5.02 Å². The number of aryl methyl sites for hydroxylation is 1. The maximum Gasteiger partial charge on any atom is 0.265 e. The number of hydrogen-bond acceptors (Lipinski definition) is 5. The predicted octanol–water partition coefficient (Wildman–Crippen LogP) is 4.17. The Balaban J connectivity index is 1.60. The lowest BCUT2D eigenvalue weighted by atomic mass is 10.1. The minimum absolute atomic E-state index is 0.333. The SMILES string of the molecule is CCc1ccc2[nH]c3nc(NN=Cc4ccc(Cl)cc4)nnc3c2c1. The van der Waals surface area contributed by atoms with E-state index in [1.54, 1.807) is 6.21 Å². The van der Waals surface area contributed by atoms with Gasteiger partial charge in [0.1, 0.15) is 5.52 Å². The second kappa shape index (κ2) is 6.49. The molecule has 0 aliphatic rings. The summed E-state index contributed by atoms with van der Waals surface area (Å²) < 4.78 is 0. The lowest BCUT2D eigenvalue weighted by molar-refractivity contribution is 1.01. The van der Waals surface area contributed by atoms with E-state index in [1.807, 2.05) is 30.3 Å². The minimum Gasteiger partial charge on any atom is -0.338 e. The Morgan fingerprint density at radius 3 is 2.80 bits per heavy atom. The fourth-order valence-corrected chi connectivity index (χ4v) is 2.73. The first-order valence-corrected chi connectivity index (χ1v) is 8.30. The van der Waals surface area contributed by atoms with Crippen LogP contribution < -0.4 is 5.43 Å². The molecule has 2 aromatic carbocycles.